The van der Waals surface area contributed by atoms with Crippen LogP contribution >= 0.6 is 0 Å². The predicted octanol–water partition coefficient (Wildman–Crippen LogP) is 0.611. The number of rotatable bonds is 4. The van der Waals surface area contributed by atoms with Gasteiger partial charge in [-0.2, -0.15) is 0 Å². The fourth-order valence-electron chi connectivity index (χ4n) is 2.22. The number of ether oxygens (including phenoxy) is 1. The maximum absolute atomic E-state index is 10.8. The first-order chi connectivity index (χ1) is 7.65. The minimum Gasteiger partial charge on any atom is -0.453 e. The molecule has 0 unspecified atom stereocenters. The molecule has 0 aromatic carbocycles. The van der Waals surface area contributed by atoms with Gasteiger partial charge in [-0.25, -0.2) is 4.79 Å². The smallest absolute Gasteiger partial charge is 0.406 e. The van der Waals surface area contributed by atoms with Gasteiger partial charge in [0, 0.05) is 12.6 Å². The summed E-state index contributed by atoms with van der Waals surface area (Å²) in [5.41, 5.74) is 5.83. The van der Waals surface area contributed by atoms with Crippen molar-refractivity contribution in [1.29, 1.82) is 0 Å². The third-order valence-electron chi connectivity index (χ3n) is 3.24. The molecular formula is C11H22N2O3. The van der Waals surface area contributed by atoms with Crippen molar-refractivity contribution in [3.8, 4) is 0 Å². The number of hydrogen-bond donors (Lipinski definition) is 3. The van der Waals surface area contributed by atoms with E-state index in [0.29, 0.717) is 0 Å². The van der Waals surface area contributed by atoms with Gasteiger partial charge in [0.1, 0.15) is 0 Å². The first kappa shape index (κ1) is 13.3. The van der Waals surface area contributed by atoms with Gasteiger partial charge in [0.15, 0.2) is 0 Å². The maximum Gasteiger partial charge on any atom is 0.406 e. The lowest BCUT2D eigenvalue weighted by Gasteiger charge is -2.30. The largest absolute Gasteiger partial charge is 0.453 e. The number of amides is 1. The number of alkyl carbamates (subject to hydrolysis) is 1. The zero-order chi connectivity index (χ0) is 12.0. The lowest BCUT2D eigenvalue weighted by atomic mass is 9.83. The van der Waals surface area contributed by atoms with Gasteiger partial charge in [0.05, 0.1) is 13.2 Å². The van der Waals surface area contributed by atoms with E-state index in [0.717, 1.165) is 12.8 Å². The minimum absolute atomic E-state index is 0.254. The van der Waals surface area contributed by atoms with Crippen LogP contribution in [0.25, 0.3) is 0 Å². The van der Waals surface area contributed by atoms with Crippen LogP contribution in [-0.4, -0.2) is 37.0 Å². The van der Waals surface area contributed by atoms with Crippen LogP contribution in [0.2, 0.25) is 0 Å². The third-order valence-corrected chi connectivity index (χ3v) is 3.24. The Labute approximate surface area is 96.3 Å². The molecule has 0 aliphatic heterocycles. The van der Waals surface area contributed by atoms with E-state index < -0.39 is 18.2 Å². The summed E-state index contributed by atoms with van der Waals surface area (Å²) in [7, 11) is 1.30. The molecule has 5 nitrogen and oxygen atoms in total. The van der Waals surface area contributed by atoms with E-state index in [9.17, 15) is 9.90 Å². The van der Waals surface area contributed by atoms with Gasteiger partial charge in [0.2, 0.25) is 0 Å². The molecule has 0 bridgehead atoms. The monoisotopic (exact) mass is 230 g/mol. The summed E-state index contributed by atoms with van der Waals surface area (Å²) in [5, 5.41) is 12.5. The average Bonchev–Trinajstić information content (AvgIpc) is 2.35. The molecule has 1 rings (SSSR count). The molecule has 0 saturated heterocycles. The number of nitrogens with two attached hydrogens (primary N) is 1. The van der Waals surface area contributed by atoms with Gasteiger partial charge in [0.25, 0.3) is 0 Å². The van der Waals surface area contributed by atoms with Crippen LogP contribution in [0.1, 0.15) is 32.1 Å². The van der Waals surface area contributed by atoms with Crippen molar-refractivity contribution < 1.29 is 14.6 Å². The number of carbonyl (C=O) groups is 1. The summed E-state index contributed by atoms with van der Waals surface area (Å²) >= 11 is 0. The first-order valence-electron chi connectivity index (χ1n) is 5.90. The Hall–Kier alpha value is -0.810. The van der Waals surface area contributed by atoms with Crippen LogP contribution < -0.4 is 11.1 Å². The summed E-state index contributed by atoms with van der Waals surface area (Å²) in [6, 6.07) is -0.415. The van der Waals surface area contributed by atoms with Gasteiger partial charge >= 0.3 is 6.09 Å². The van der Waals surface area contributed by atoms with E-state index in [-0.39, 0.29) is 12.5 Å². The first-order valence-corrected chi connectivity index (χ1v) is 5.90. The molecule has 4 N–H and O–H groups in total. The van der Waals surface area contributed by atoms with E-state index in [1.54, 1.807) is 0 Å². The number of methoxy groups -OCH3 is 1. The molecule has 1 aliphatic carbocycles. The molecule has 2 atom stereocenters. The molecule has 0 aromatic rings. The zero-order valence-electron chi connectivity index (χ0n) is 9.82. The Bertz CT molecular complexity index is 217. The Balaban J connectivity index is 2.28. The second kappa shape index (κ2) is 6.70. The molecule has 16 heavy (non-hydrogen) atoms. The van der Waals surface area contributed by atoms with Crippen LogP contribution in [0.5, 0.6) is 0 Å². The Morgan fingerprint density at radius 2 is 2.12 bits per heavy atom. The molecule has 0 radical (unpaired) electrons. The van der Waals surface area contributed by atoms with Crippen LogP contribution in [0, 0.1) is 5.92 Å². The Morgan fingerprint density at radius 1 is 1.50 bits per heavy atom. The zero-order valence-corrected chi connectivity index (χ0v) is 9.82. The normalized spacial score (nSPS) is 21.2. The average molecular weight is 230 g/mol. The maximum atomic E-state index is 10.8. The number of hydrogen-bond acceptors (Lipinski definition) is 4. The van der Waals surface area contributed by atoms with Crippen molar-refractivity contribution in [2.45, 2.75) is 44.2 Å². The van der Waals surface area contributed by atoms with Crippen LogP contribution in [0.3, 0.4) is 0 Å². The standard InChI is InChI=1S/C11H22N2O3/c1-16-11(15)13-7-9(12)10(14)8-5-3-2-4-6-8/h8-10,14H,2-7,12H2,1H3,(H,13,15)/t9-,10-/m1/s1. The molecule has 1 saturated carbocycles. The molecular weight excluding hydrogens is 208 g/mol. The van der Waals surface area contributed by atoms with Crippen molar-refractivity contribution in [2.75, 3.05) is 13.7 Å². The van der Waals surface area contributed by atoms with Crippen LogP contribution in [0.15, 0.2) is 0 Å². The fraction of sp³-hybridized carbons (Fsp3) is 0.909. The van der Waals surface area contributed by atoms with Crippen LogP contribution in [0.4, 0.5) is 4.79 Å². The van der Waals surface area contributed by atoms with E-state index in [1.807, 2.05) is 0 Å². The van der Waals surface area contributed by atoms with Gasteiger partial charge < -0.3 is 20.9 Å². The lowest BCUT2D eigenvalue weighted by molar-refractivity contribution is 0.0615. The van der Waals surface area contributed by atoms with Gasteiger partial charge in [-0.05, 0) is 18.8 Å². The second-order valence-electron chi connectivity index (χ2n) is 4.43. The highest BCUT2D eigenvalue weighted by Gasteiger charge is 2.26. The highest BCUT2D eigenvalue weighted by atomic mass is 16.5. The number of aliphatic hydroxyl groups is 1. The fourth-order valence-corrected chi connectivity index (χ4v) is 2.22. The van der Waals surface area contributed by atoms with E-state index in [1.165, 1.54) is 26.4 Å². The van der Waals surface area contributed by atoms with E-state index in [2.05, 4.69) is 10.1 Å². The summed E-state index contributed by atoms with van der Waals surface area (Å²) in [4.78, 5) is 10.8. The van der Waals surface area contributed by atoms with Crippen molar-refractivity contribution >= 4 is 6.09 Å². The number of aliphatic hydroxyl groups excluding tert-OH is 1. The third kappa shape index (κ3) is 3.98. The SMILES string of the molecule is COC(=O)NC[C@@H](N)[C@H](O)C1CCCCC1. The summed E-state index contributed by atoms with van der Waals surface area (Å²) in [5.74, 6) is 0.281. The van der Waals surface area contributed by atoms with E-state index in [4.69, 9.17) is 5.73 Å². The predicted molar refractivity (Wildman–Crippen MR) is 61.0 cm³/mol. The van der Waals surface area contributed by atoms with Crippen molar-refractivity contribution in [2.24, 2.45) is 11.7 Å². The van der Waals surface area contributed by atoms with Gasteiger partial charge in [-0.1, -0.05) is 19.3 Å². The van der Waals surface area contributed by atoms with Crippen molar-refractivity contribution in [1.82, 2.24) is 5.32 Å². The van der Waals surface area contributed by atoms with Gasteiger partial charge in [-0.3, -0.25) is 0 Å². The van der Waals surface area contributed by atoms with Crippen molar-refractivity contribution in [3.63, 3.8) is 0 Å². The number of nitrogens with one attached hydrogen (secondary N) is 1. The van der Waals surface area contributed by atoms with E-state index >= 15 is 0 Å². The molecule has 94 valence electrons. The Kier molecular flexibility index (Phi) is 5.55. The minimum atomic E-state index is -0.530. The molecule has 0 spiro atoms. The summed E-state index contributed by atoms with van der Waals surface area (Å²) < 4.78 is 4.44. The topological polar surface area (TPSA) is 84.6 Å². The lowest BCUT2D eigenvalue weighted by Crippen LogP contribution is -2.48. The van der Waals surface area contributed by atoms with Gasteiger partial charge in [-0.15, -0.1) is 0 Å². The summed E-state index contributed by atoms with van der Waals surface area (Å²) in [6.07, 6.45) is 4.61. The molecule has 0 heterocycles. The molecule has 1 fully saturated rings. The highest BCUT2D eigenvalue weighted by Crippen LogP contribution is 2.27. The van der Waals surface area contributed by atoms with Crippen LogP contribution in [-0.2, 0) is 4.74 Å². The Morgan fingerprint density at radius 3 is 2.69 bits per heavy atom. The number of carbonyl (C=O) groups excluding carboxylic acids is 1. The molecule has 5 heteroatoms. The quantitative estimate of drug-likeness (QED) is 0.660. The summed E-state index contributed by atoms with van der Waals surface area (Å²) in [6.45, 7) is 0.254. The molecule has 1 aliphatic rings. The second-order valence-corrected chi connectivity index (χ2v) is 4.43. The highest BCUT2D eigenvalue weighted by molar-refractivity contribution is 5.66. The van der Waals surface area contributed by atoms with Crippen molar-refractivity contribution in [3.05, 3.63) is 0 Å². The molecule has 1 amide bonds. The molecule has 0 aromatic heterocycles.